The average Bonchev–Trinajstić information content (AvgIpc) is 1.82. The average molecular weight is 202 g/mol. The number of alkyl halides is 3. The number of hydrogen-bond acceptors (Lipinski definition) is 1. The first-order chi connectivity index (χ1) is 5.80. The Bertz CT molecular complexity index is 224. The molecule has 0 aromatic carbocycles. The minimum Gasteiger partial charge on any atom is -0.384 e. The summed E-state index contributed by atoms with van der Waals surface area (Å²) in [5, 5.41) is 8.67. The fourth-order valence-electron chi connectivity index (χ4n) is 0.665. The highest BCUT2D eigenvalue weighted by molar-refractivity contribution is 5.20. The van der Waals surface area contributed by atoms with Crippen LogP contribution in [-0.4, -0.2) is 17.4 Å². The molecule has 13 heavy (non-hydrogen) atoms. The number of allylic oxidation sites excluding steroid dienone is 1. The molecule has 1 atom stereocenters. The summed E-state index contributed by atoms with van der Waals surface area (Å²) in [4.78, 5) is 0. The second-order valence-corrected chi connectivity index (χ2v) is 2.14. The van der Waals surface area contributed by atoms with E-state index in [-0.39, 0.29) is 0 Å². The van der Waals surface area contributed by atoms with E-state index in [1.165, 1.54) is 6.92 Å². The van der Waals surface area contributed by atoms with Crippen molar-refractivity contribution >= 4 is 0 Å². The van der Waals surface area contributed by atoms with Crippen LogP contribution in [0.1, 0.15) is 6.92 Å². The highest BCUT2D eigenvalue weighted by Crippen LogP contribution is 2.32. The molecule has 0 aliphatic heterocycles. The Morgan fingerprint density at radius 2 is 1.77 bits per heavy atom. The number of aliphatic hydroxyl groups excluding tert-OH is 1. The van der Waals surface area contributed by atoms with Crippen LogP contribution in [0.2, 0.25) is 0 Å². The predicted molar refractivity (Wildman–Crippen MR) is 36.1 cm³/mol. The van der Waals surface area contributed by atoms with Gasteiger partial charge in [0.05, 0.1) is 0 Å². The van der Waals surface area contributed by atoms with E-state index in [4.69, 9.17) is 5.11 Å². The van der Waals surface area contributed by atoms with Gasteiger partial charge in [-0.1, -0.05) is 12.2 Å². The maximum absolute atomic E-state index is 11.8. The van der Waals surface area contributed by atoms with Crippen molar-refractivity contribution in [2.24, 2.45) is 0 Å². The van der Waals surface area contributed by atoms with Crippen LogP contribution >= 0.6 is 0 Å². The normalized spacial score (nSPS) is 14.7. The maximum Gasteiger partial charge on any atom is 0.420 e. The van der Waals surface area contributed by atoms with Gasteiger partial charge in [-0.05, 0) is 6.92 Å². The summed E-state index contributed by atoms with van der Waals surface area (Å²) in [6.07, 6.45) is -8.76. The molecule has 0 rings (SSSR count). The van der Waals surface area contributed by atoms with Crippen LogP contribution in [0.25, 0.3) is 0 Å². The quantitative estimate of drug-likeness (QED) is 0.539. The monoisotopic (exact) mass is 202 g/mol. The number of aliphatic hydroxyl groups is 1. The zero-order valence-corrected chi connectivity index (χ0v) is 6.57. The zero-order chi connectivity index (χ0) is 10.6. The molecule has 0 aliphatic carbocycles. The SMILES string of the molecule is C/C=C/C(O)C(=C(F)F)C(F)(F)F. The molecule has 6 heteroatoms. The van der Waals surface area contributed by atoms with Gasteiger partial charge in [0.1, 0.15) is 11.7 Å². The molecule has 76 valence electrons. The van der Waals surface area contributed by atoms with Crippen molar-refractivity contribution in [2.75, 3.05) is 0 Å². The fraction of sp³-hybridized carbons (Fsp3) is 0.429. The van der Waals surface area contributed by atoms with Gasteiger partial charge in [-0.3, -0.25) is 0 Å². The molecule has 0 radical (unpaired) electrons. The van der Waals surface area contributed by atoms with Crippen molar-refractivity contribution in [2.45, 2.75) is 19.2 Å². The van der Waals surface area contributed by atoms with Gasteiger partial charge in [-0.25, -0.2) is 0 Å². The molecule has 0 bridgehead atoms. The summed E-state index contributed by atoms with van der Waals surface area (Å²) >= 11 is 0. The molecule has 0 amide bonds. The molecule has 0 aromatic heterocycles. The minimum atomic E-state index is -5.21. The molecule has 0 saturated carbocycles. The molecule has 1 nitrogen and oxygen atoms in total. The Morgan fingerprint density at radius 3 is 2.00 bits per heavy atom. The molecular formula is C7H7F5O. The molecule has 0 saturated heterocycles. The molecule has 0 aliphatic rings. The lowest BCUT2D eigenvalue weighted by Gasteiger charge is -2.13. The second-order valence-electron chi connectivity index (χ2n) is 2.14. The molecule has 1 N–H and O–H groups in total. The lowest BCUT2D eigenvalue weighted by molar-refractivity contribution is -0.106. The Morgan fingerprint density at radius 1 is 1.31 bits per heavy atom. The van der Waals surface area contributed by atoms with Crippen LogP contribution in [0.5, 0.6) is 0 Å². The van der Waals surface area contributed by atoms with Crippen molar-refractivity contribution in [1.82, 2.24) is 0 Å². The van der Waals surface area contributed by atoms with E-state index in [2.05, 4.69) is 0 Å². The lowest BCUT2D eigenvalue weighted by Crippen LogP contribution is -2.23. The van der Waals surface area contributed by atoms with Crippen LogP contribution < -0.4 is 0 Å². The van der Waals surface area contributed by atoms with Crippen molar-refractivity contribution in [3.8, 4) is 0 Å². The van der Waals surface area contributed by atoms with Crippen molar-refractivity contribution in [3.63, 3.8) is 0 Å². The first-order valence-corrected chi connectivity index (χ1v) is 3.24. The van der Waals surface area contributed by atoms with Crippen LogP contribution in [-0.2, 0) is 0 Å². The van der Waals surface area contributed by atoms with Gasteiger partial charge in [0, 0.05) is 0 Å². The third kappa shape index (κ3) is 3.54. The van der Waals surface area contributed by atoms with Gasteiger partial charge in [0.2, 0.25) is 0 Å². The predicted octanol–water partition coefficient (Wildman–Crippen LogP) is 2.64. The highest BCUT2D eigenvalue weighted by atomic mass is 19.4. The van der Waals surface area contributed by atoms with E-state index >= 15 is 0 Å². The smallest absolute Gasteiger partial charge is 0.384 e. The van der Waals surface area contributed by atoms with Gasteiger partial charge < -0.3 is 5.11 Å². The van der Waals surface area contributed by atoms with Gasteiger partial charge in [-0.2, -0.15) is 22.0 Å². The van der Waals surface area contributed by atoms with E-state index in [0.29, 0.717) is 6.08 Å². The summed E-state index contributed by atoms with van der Waals surface area (Å²) in [5.41, 5.74) is -2.22. The van der Waals surface area contributed by atoms with E-state index in [9.17, 15) is 22.0 Å². The fourth-order valence-corrected chi connectivity index (χ4v) is 0.665. The van der Waals surface area contributed by atoms with Crippen LogP contribution in [0.4, 0.5) is 22.0 Å². The summed E-state index contributed by atoms with van der Waals surface area (Å²) in [5.74, 6) is 0. The third-order valence-corrected chi connectivity index (χ3v) is 1.18. The van der Waals surface area contributed by atoms with Crippen LogP contribution in [0.3, 0.4) is 0 Å². The molecule has 0 heterocycles. The topological polar surface area (TPSA) is 20.2 Å². The zero-order valence-electron chi connectivity index (χ0n) is 6.57. The van der Waals surface area contributed by atoms with E-state index in [1.54, 1.807) is 0 Å². The molecular weight excluding hydrogens is 195 g/mol. The van der Waals surface area contributed by atoms with Crippen molar-refractivity contribution in [1.29, 1.82) is 0 Å². The summed E-state index contributed by atoms with van der Waals surface area (Å²) in [7, 11) is 0. The number of halogens is 5. The first-order valence-electron chi connectivity index (χ1n) is 3.24. The van der Waals surface area contributed by atoms with Crippen LogP contribution in [0.15, 0.2) is 23.8 Å². The van der Waals surface area contributed by atoms with Gasteiger partial charge in [-0.15, -0.1) is 0 Å². The van der Waals surface area contributed by atoms with E-state index in [1.807, 2.05) is 0 Å². The van der Waals surface area contributed by atoms with Gasteiger partial charge in [0.25, 0.3) is 6.08 Å². The molecule has 0 fully saturated rings. The van der Waals surface area contributed by atoms with Crippen molar-refractivity contribution < 1.29 is 27.1 Å². The number of rotatable bonds is 2. The lowest BCUT2D eigenvalue weighted by atomic mass is 10.1. The number of hydrogen-bond donors (Lipinski definition) is 1. The summed E-state index contributed by atoms with van der Waals surface area (Å²) in [6, 6.07) is 0. The van der Waals surface area contributed by atoms with E-state index in [0.717, 1.165) is 6.08 Å². The Hall–Kier alpha value is -0.910. The standard InChI is InChI=1S/C7H7F5O/c1-2-3-4(13)5(6(8)9)7(10,11)12/h2-4,13H,1H3/b3-2+. The summed E-state index contributed by atoms with van der Waals surface area (Å²) < 4.78 is 58.9. The Labute approximate surface area is 71.2 Å². The third-order valence-electron chi connectivity index (χ3n) is 1.18. The van der Waals surface area contributed by atoms with Gasteiger partial charge >= 0.3 is 6.18 Å². The highest BCUT2D eigenvalue weighted by Gasteiger charge is 2.41. The molecule has 0 spiro atoms. The maximum atomic E-state index is 11.8. The van der Waals surface area contributed by atoms with Crippen molar-refractivity contribution in [3.05, 3.63) is 23.8 Å². The molecule has 1 unspecified atom stereocenters. The minimum absolute atomic E-state index is 0.627. The second kappa shape index (κ2) is 4.36. The molecule has 0 aromatic rings. The van der Waals surface area contributed by atoms with Crippen LogP contribution in [0, 0.1) is 0 Å². The summed E-state index contributed by atoms with van der Waals surface area (Å²) in [6.45, 7) is 1.31. The van der Waals surface area contributed by atoms with E-state index < -0.39 is 23.9 Å². The Balaban J connectivity index is 4.97. The first kappa shape index (κ1) is 12.1. The Kier molecular flexibility index (Phi) is 4.06. The van der Waals surface area contributed by atoms with Gasteiger partial charge in [0.15, 0.2) is 0 Å². The largest absolute Gasteiger partial charge is 0.420 e.